The number of anilines is 1. The van der Waals surface area contributed by atoms with Crippen molar-refractivity contribution in [3.05, 3.63) is 11.8 Å². The minimum Gasteiger partial charge on any atom is -0.475 e. The number of nitrogens with zero attached hydrogens (tertiary/aromatic N) is 2. The zero-order valence-corrected chi connectivity index (χ0v) is 13.4. The molecule has 0 spiro atoms. The molecule has 1 saturated carbocycles. The molecule has 1 aliphatic carbocycles. The summed E-state index contributed by atoms with van der Waals surface area (Å²) in [5, 5.41) is 3.52. The molecule has 20 heavy (non-hydrogen) atoms. The molecule has 1 atom stereocenters. The van der Waals surface area contributed by atoms with Gasteiger partial charge in [-0.3, -0.25) is 0 Å². The third kappa shape index (κ3) is 3.84. The number of nitrogens with one attached hydrogen (secondary N) is 1. The molecule has 0 amide bonds. The second kappa shape index (κ2) is 5.98. The first kappa shape index (κ1) is 15.1. The van der Waals surface area contributed by atoms with Gasteiger partial charge in [-0.05, 0) is 39.0 Å². The molecule has 4 heteroatoms. The molecule has 1 aromatic heterocycles. The van der Waals surface area contributed by atoms with Crippen LogP contribution in [0.3, 0.4) is 0 Å². The van der Waals surface area contributed by atoms with Crippen molar-refractivity contribution in [2.45, 2.75) is 72.4 Å². The lowest BCUT2D eigenvalue weighted by atomic mass is 9.73. The van der Waals surface area contributed by atoms with Crippen LogP contribution in [0.15, 0.2) is 6.07 Å². The van der Waals surface area contributed by atoms with Gasteiger partial charge in [0.1, 0.15) is 0 Å². The Balaban J connectivity index is 2.14. The van der Waals surface area contributed by atoms with Crippen LogP contribution in [0.2, 0.25) is 0 Å². The molecule has 2 rings (SSSR count). The topological polar surface area (TPSA) is 47.0 Å². The van der Waals surface area contributed by atoms with Crippen molar-refractivity contribution in [2.24, 2.45) is 5.41 Å². The van der Waals surface area contributed by atoms with E-state index < -0.39 is 0 Å². The largest absolute Gasteiger partial charge is 0.475 e. The van der Waals surface area contributed by atoms with Crippen LogP contribution in [-0.4, -0.2) is 22.1 Å². The Morgan fingerprint density at radius 3 is 2.70 bits per heavy atom. The maximum atomic E-state index is 5.69. The van der Waals surface area contributed by atoms with E-state index in [1.807, 2.05) is 26.8 Å². The minimum absolute atomic E-state index is 0.128. The van der Waals surface area contributed by atoms with Crippen molar-refractivity contribution in [1.29, 1.82) is 0 Å². The normalized spacial score (nSPS) is 21.8. The number of rotatable bonds is 4. The molecule has 0 bridgehead atoms. The van der Waals surface area contributed by atoms with E-state index in [0.717, 1.165) is 5.69 Å². The standard InChI is InChI=1S/C16H27N3O/c1-11(2)20-14-10-12(3)17-15(19-14)18-13-8-6-7-9-16(13,4)5/h10-11,13H,6-9H2,1-5H3,(H,17,18,19). The van der Waals surface area contributed by atoms with Gasteiger partial charge in [0.15, 0.2) is 0 Å². The fraction of sp³-hybridized carbons (Fsp3) is 0.750. The zero-order chi connectivity index (χ0) is 14.8. The van der Waals surface area contributed by atoms with Crippen molar-refractivity contribution in [1.82, 2.24) is 9.97 Å². The first-order valence-corrected chi connectivity index (χ1v) is 7.66. The average Bonchev–Trinajstić information content (AvgIpc) is 2.30. The Kier molecular flexibility index (Phi) is 4.51. The van der Waals surface area contributed by atoms with Crippen molar-refractivity contribution in [2.75, 3.05) is 5.32 Å². The smallest absolute Gasteiger partial charge is 0.226 e. The highest BCUT2D eigenvalue weighted by Crippen LogP contribution is 2.36. The van der Waals surface area contributed by atoms with Crippen LogP contribution in [0.4, 0.5) is 5.95 Å². The summed E-state index contributed by atoms with van der Waals surface area (Å²) in [6.07, 6.45) is 5.17. The quantitative estimate of drug-likeness (QED) is 0.905. The maximum Gasteiger partial charge on any atom is 0.226 e. The highest BCUT2D eigenvalue weighted by molar-refractivity contribution is 5.32. The number of hydrogen-bond acceptors (Lipinski definition) is 4. The van der Waals surface area contributed by atoms with E-state index in [9.17, 15) is 0 Å². The van der Waals surface area contributed by atoms with E-state index in [1.54, 1.807) is 0 Å². The van der Waals surface area contributed by atoms with Gasteiger partial charge >= 0.3 is 0 Å². The summed E-state index contributed by atoms with van der Waals surface area (Å²) in [6, 6.07) is 2.32. The van der Waals surface area contributed by atoms with Crippen LogP contribution in [0.25, 0.3) is 0 Å². The summed E-state index contributed by atoms with van der Waals surface area (Å²) >= 11 is 0. The molecule has 0 aliphatic heterocycles. The van der Waals surface area contributed by atoms with Crippen LogP contribution >= 0.6 is 0 Å². The average molecular weight is 277 g/mol. The van der Waals surface area contributed by atoms with Crippen LogP contribution in [0.1, 0.15) is 59.1 Å². The lowest BCUT2D eigenvalue weighted by Gasteiger charge is -2.39. The van der Waals surface area contributed by atoms with Crippen LogP contribution < -0.4 is 10.1 Å². The molecule has 0 aromatic carbocycles. The lowest BCUT2D eigenvalue weighted by molar-refractivity contribution is 0.215. The molecule has 0 radical (unpaired) electrons. The number of aromatic nitrogens is 2. The summed E-state index contributed by atoms with van der Waals surface area (Å²) in [6.45, 7) is 10.6. The Labute approximate surface area is 122 Å². The van der Waals surface area contributed by atoms with Crippen molar-refractivity contribution >= 4 is 5.95 Å². The van der Waals surface area contributed by atoms with Gasteiger partial charge in [-0.15, -0.1) is 0 Å². The third-order valence-corrected chi connectivity index (χ3v) is 4.00. The first-order valence-electron chi connectivity index (χ1n) is 7.66. The van der Waals surface area contributed by atoms with E-state index >= 15 is 0 Å². The SMILES string of the molecule is Cc1cc(OC(C)C)nc(NC2CCCCC2(C)C)n1. The predicted molar refractivity (Wildman–Crippen MR) is 82.2 cm³/mol. The predicted octanol–water partition coefficient (Wildman–Crippen LogP) is 3.95. The van der Waals surface area contributed by atoms with Gasteiger partial charge in [0, 0.05) is 17.8 Å². The van der Waals surface area contributed by atoms with Gasteiger partial charge in [-0.2, -0.15) is 4.98 Å². The van der Waals surface area contributed by atoms with Crippen LogP contribution in [0.5, 0.6) is 5.88 Å². The minimum atomic E-state index is 0.128. The van der Waals surface area contributed by atoms with Crippen LogP contribution in [-0.2, 0) is 0 Å². The molecular formula is C16H27N3O. The molecule has 4 nitrogen and oxygen atoms in total. The van der Waals surface area contributed by atoms with Gasteiger partial charge in [-0.25, -0.2) is 4.98 Å². The highest BCUT2D eigenvalue weighted by atomic mass is 16.5. The Hall–Kier alpha value is -1.32. The second-order valence-corrected chi connectivity index (χ2v) is 6.77. The first-order chi connectivity index (χ1) is 9.37. The Morgan fingerprint density at radius 1 is 1.30 bits per heavy atom. The zero-order valence-electron chi connectivity index (χ0n) is 13.4. The van der Waals surface area contributed by atoms with E-state index in [-0.39, 0.29) is 6.10 Å². The fourth-order valence-electron chi connectivity index (χ4n) is 2.82. The van der Waals surface area contributed by atoms with E-state index in [4.69, 9.17) is 4.74 Å². The van der Waals surface area contributed by atoms with Gasteiger partial charge in [0.2, 0.25) is 11.8 Å². The molecule has 1 fully saturated rings. The third-order valence-electron chi connectivity index (χ3n) is 4.00. The maximum absolute atomic E-state index is 5.69. The molecule has 1 aromatic rings. The summed E-state index contributed by atoms with van der Waals surface area (Å²) in [5.74, 6) is 1.35. The van der Waals surface area contributed by atoms with E-state index in [1.165, 1.54) is 25.7 Å². The summed E-state index contributed by atoms with van der Waals surface area (Å²) < 4.78 is 5.69. The van der Waals surface area contributed by atoms with Crippen molar-refractivity contribution < 1.29 is 4.74 Å². The second-order valence-electron chi connectivity index (χ2n) is 6.77. The van der Waals surface area contributed by atoms with Gasteiger partial charge in [-0.1, -0.05) is 26.7 Å². The number of ether oxygens (including phenoxy) is 1. The summed E-state index contributed by atoms with van der Waals surface area (Å²) in [5.41, 5.74) is 1.23. The monoisotopic (exact) mass is 277 g/mol. The van der Waals surface area contributed by atoms with Crippen molar-refractivity contribution in [3.63, 3.8) is 0 Å². The van der Waals surface area contributed by atoms with E-state index in [2.05, 4.69) is 29.1 Å². The van der Waals surface area contributed by atoms with Gasteiger partial charge in [0.05, 0.1) is 6.10 Å². The molecular weight excluding hydrogens is 250 g/mol. The fourth-order valence-corrected chi connectivity index (χ4v) is 2.82. The molecule has 1 aliphatic rings. The van der Waals surface area contributed by atoms with E-state index in [0.29, 0.717) is 23.3 Å². The number of hydrogen-bond donors (Lipinski definition) is 1. The Morgan fingerprint density at radius 2 is 2.05 bits per heavy atom. The molecule has 1 unspecified atom stereocenters. The van der Waals surface area contributed by atoms with Crippen LogP contribution in [0, 0.1) is 12.3 Å². The molecule has 112 valence electrons. The highest BCUT2D eigenvalue weighted by Gasteiger charge is 2.32. The molecule has 1 heterocycles. The molecule has 1 N–H and O–H groups in total. The van der Waals surface area contributed by atoms with Gasteiger partial charge in [0.25, 0.3) is 0 Å². The number of aryl methyl sites for hydroxylation is 1. The summed E-state index contributed by atoms with van der Waals surface area (Å²) in [4.78, 5) is 8.99. The summed E-state index contributed by atoms with van der Waals surface area (Å²) in [7, 11) is 0. The Bertz CT molecular complexity index is 457. The van der Waals surface area contributed by atoms with Gasteiger partial charge < -0.3 is 10.1 Å². The van der Waals surface area contributed by atoms with Crippen molar-refractivity contribution in [3.8, 4) is 5.88 Å². The lowest BCUT2D eigenvalue weighted by Crippen LogP contribution is -2.39. The molecule has 0 saturated heterocycles.